The zero-order chi connectivity index (χ0) is 22.0. The molecule has 2 heterocycles. The Morgan fingerprint density at radius 2 is 1.65 bits per heavy atom. The Bertz CT molecular complexity index is 1100. The number of aryl methyl sites for hydroxylation is 1. The first kappa shape index (κ1) is 20.6. The largest absolute Gasteiger partial charge is 0.335 e. The Morgan fingerprint density at radius 1 is 0.968 bits per heavy atom. The summed E-state index contributed by atoms with van der Waals surface area (Å²) < 4.78 is 14.8. The molecular weight excluding hydrogens is 397 g/mol. The van der Waals surface area contributed by atoms with Gasteiger partial charge < -0.3 is 15.1 Å². The fourth-order valence-corrected chi connectivity index (χ4v) is 3.67. The monoisotopic (exact) mass is 421 g/mol. The molecule has 1 fully saturated rings. The highest BCUT2D eigenvalue weighted by atomic mass is 19.1. The van der Waals surface area contributed by atoms with Crippen LogP contribution in [0.15, 0.2) is 54.7 Å². The van der Waals surface area contributed by atoms with Crippen molar-refractivity contribution in [2.24, 2.45) is 0 Å². The van der Waals surface area contributed by atoms with Crippen molar-refractivity contribution in [2.75, 3.05) is 31.5 Å². The van der Waals surface area contributed by atoms with E-state index in [2.05, 4.69) is 10.4 Å². The van der Waals surface area contributed by atoms with Crippen LogP contribution in [0.3, 0.4) is 0 Å². The molecule has 3 aromatic rings. The van der Waals surface area contributed by atoms with Gasteiger partial charge in [-0.15, -0.1) is 0 Å². The fourth-order valence-electron chi connectivity index (χ4n) is 3.67. The molecule has 160 valence electrons. The van der Waals surface area contributed by atoms with Crippen LogP contribution in [0, 0.1) is 19.7 Å². The average Bonchev–Trinajstić information content (AvgIpc) is 3.15. The maximum atomic E-state index is 13.2. The van der Waals surface area contributed by atoms with E-state index in [0.29, 0.717) is 43.1 Å². The number of hydrogen-bond donors (Lipinski definition) is 1. The molecule has 31 heavy (non-hydrogen) atoms. The minimum absolute atomic E-state index is 0.121. The summed E-state index contributed by atoms with van der Waals surface area (Å²) in [5, 5.41) is 7.21. The minimum atomic E-state index is -0.325. The van der Waals surface area contributed by atoms with Gasteiger partial charge in [-0.05, 0) is 55.8 Å². The molecule has 7 nitrogen and oxygen atoms in total. The number of nitrogens with one attached hydrogen (secondary N) is 1. The predicted octanol–water partition coefficient (Wildman–Crippen LogP) is 3.62. The topological polar surface area (TPSA) is 70.5 Å². The Kier molecular flexibility index (Phi) is 5.70. The number of aromatic nitrogens is 2. The SMILES string of the molecule is Cc1cccc(NC(=O)N2CCN(C(=O)c3cnn(-c4ccc(F)cc4)c3C)CC2)c1. The molecule has 0 aliphatic carbocycles. The Labute approximate surface area is 180 Å². The summed E-state index contributed by atoms with van der Waals surface area (Å²) >= 11 is 0. The summed E-state index contributed by atoms with van der Waals surface area (Å²) in [5.41, 5.74) is 3.71. The third kappa shape index (κ3) is 4.42. The van der Waals surface area contributed by atoms with Gasteiger partial charge >= 0.3 is 6.03 Å². The first-order chi connectivity index (χ1) is 14.9. The zero-order valence-corrected chi connectivity index (χ0v) is 17.5. The molecule has 0 bridgehead atoms. The van der Waals surface area contributed by atoms with E-state index >= 15 is 0 Å². The summed E-state index contributed by atoms with van der Waals surface area (Å²) in [6.07, 6.45) is 1.54. The van der Waals surface area contributed by atoms with Crippen LogP contribution in [0.2, 0.25) is 0 Å². The molecule has 0 spiro atoms. The van der Waals surface area contributed by atoms with Crippen molar-refractivity contribution in [3.8, 4) is 5.69 Å². The van der Waals surface area contributed by atoms with Crippen molar-refractivity contribution in [1.82, 2.24) is 19.6 Å². The van der Waals surface area contributed by atoms with Crippen LogP contribution in [0.4, 0.5) is 14.9 Å². The van der Waals surface area contributed by atoms with Gasteiger partial charge in [-0.2, -0.15) is 5.10 Å². The number of amides is 3. The molecule has 3 amide bonds. The molecule has 0 atom stereocenters. The lowest BCUT2D eigenvalue weighted by Crippen LogP contribution is -2.51. The van der Waals surface area contributed by atoms with E-state index in [0.717, 1.165) is 11.3 Å². The number of nitrogens with zero attached hydrogens (tertiary/aromatic N) is 4. The third-order valence-corrected chi connectivity index (χ3v) is 5.43. The van der Waals surface area contributed by atoms with Crippen molar-refractivity contribution in [2.45, 2.75) is 13.8 Å². The number of hydrogen-bond acceptors (Lipinski definition) is 3. The van der Waals surface area contributed by atoms with Gasteiger partial charge in [-0.1, -0.05) is 12.1 Å². The van der Waals surface area contributed by atoms with E-state index < -0.39 is 0 Å². The number of halogens is 1. The maximum absolute atomic E-state index is 13.2. The van der Waals surface area contributed by atoms with Gasteiger partial charge in [-0.25, -0.2) is 13.9 Å². The number of anilines is 1. The molecule has 1 N–H and O–H groups in total. The van der Waals surface area contributed by atoms with Crippen LogP contribution in [-0.2, 0) is 0 Å². The molecule has 0 unspecified atom stereocenters. The third-order valence-electron chi connectivity index (χ3n) is 5.43. The number of benzene rings is 2. The minimum Gasteiger partial charge on any atom is -0.335 e. The molecule has 1 saturated heterocycles. The van der Waals surface area contributed by atoms with Crippen LogP contribution < -0.4 is 5.32 Å². The second-order valence-electron chi connectivity index (χ2n) is 7.61. The van der Waals surface area contributed by atoms with E-state index in [9.17, 15) is 14.0 Å². The number of urea groups is 1. The normalized spacial score (nSPS) is 13.9. The quantitative estimate of drug-likeness (QED) is 0.702. The van der Waals surface area contributed by atoms with Crippen molar-refractivity contribution in [1.29, 1.82) is 0 Å². The zero-order valence-electron chi connectivity index (χ0n) is 17.5. The van der Waals surface area contributed by atoms with Crippen LogP contribution in [0.25, 0.3) is 5.69 Å². The van der Waals surface area contributed by atoms with Gasteiger partial charge in [0, 0.05) is 31.9 Å². The molecule has 0 radical (unpaired) electrons. The van der Waals surface area contributed by atoms with Crippen LogP contribution in [0.1, 0.15) is 21.6 Å². The molecule has 1 aliphatic rings. The average molecular weight is 421 g/mol. The summed E-state index contributed by atoms with van der Waals surface area (Å²) in [6, 6.07) is 13.4. The second kappa shape index (κ2) is 8.59. The Hall–Kier alpha value is -3.68. The number of carbonyl (C=O) groups is 2. The van der Waals surface area contributed by atoms with Gasteiger partial charge in [0.2, 0.25) is 0 Å². The maximum Gasteiger partial charge on any atom is 0.321 e. The molecule has 4 rings (SSSR count). The van der Waals surface area contributed by atoms with Crippen LogP contribution in [0.5, 0.6) is 0 Å². The van der Waals surface area contributed by atoms with E-state index in [1.165, 1.54) is 18.3 Å². The van der Waals surface area contributed by atoms with Crippen molar-refractivity contribution in [3.63, 3.8) is 0 Å². The highest BCUT2D eigenvalue weighted by Crippen LogP contribution is 2.18. The molecule has 2 aromatic carbocycles. The van der Waals surface area contributed by atoms with Crippen molar-refractivity contribution >= 4 is 17.6 Å². The van der Waals surface area contributed by atoms with E-state index in [1.54, 1.807) is 26.6 Å². The first-order valence-corrected chi connectivity index (χ1v) is 10.1. The van der Waals surface area contributed by atoms with Gasteiger partial charge in [-0.3, -0.25) is 4.79 Å². The van der Waals surface area contributed by atoms with E-state index in [-0.39, 0.29) is 17.8 Å². The molecule has 0 saturated carbocycles. The number of piperazine rings is 1. The lowest BCUT2D eigenvalue weighted by atomic mass is 10.2. The number of rotatable bonds is 3. The molecular formula is C23H24FN5O2. The summed E-state index contributed by atoms with van der Waals surface area (Å²) in [7, 11) is 0. The van der Waals surface area contributed by atoms with Crippen LogP contribution >= 0.6 is 0 Å². The smallest absolute Gasteiger partial charge is 0.321 e. The lowest BCUT2D eigenvalue weighted by Gasteiger charge is -2.34. The molecule has 1 aliphatic heterocycles. The fraction of sp³-hybridized carbons (Fsp3) is 0.261. The second-order valence-corrected chi connectivity index (χ2v) is 7.61. The lowest BCUT2D eigenvalue weighted by molar-refractivity contribution is 0.0671. The van der Waals surface area contributed by atoms with Gasteiger partial charge in [0.1, 0.15) is 5.82 Å². The van der Waals surface area contributed by atoms with Crippen molar-refractivity contribution < 1.29 is 14.0 Å². The molecule has 8 heteroatoms. The number of carbonyl (C=O) groups excluding carboxylic acids is 2. The van der Waals surface area contributed by atoms with Gasteiger partial charge in [0.15, 0.2) is 0 Å². The van der Waals surface area contributed by atoms with Crippen molar-refractivity contribution in [3.05, 3.63) is 77.4 Å². The Morgan fingerprint density at radius 3 is 2.32 bits per heavy atom. The van der Waals surface area contributed by atoms with E-state index in [4.69, 9.17) is 0 Å². The highest BCUT2D eigenvalue weighted by Gasteiger charge is 2.27. The molecule has 1 aromatic heterocycles. The van der Waals surface area contributed by atoms with Crippen LogP contribution in [-0.4, -0.2) is 57.7 Å². The summed E-state index contributed by atoms with van der Waals surface area (Å²) in [6.45, 7) is 5.58. The highest BCUT2D eigenvalue weighted by molar-refractivity contribution is 5.95. The first-order valence-electron chi connectivity index (χ1n) is 10.1. The predicted molar refractivity (Wildman–Crippen MR) is 116 cm³/mol. The summed E-state index contributed by atoms with van der Waals surface area (Å²) in [4.78, 5) is 29.0. The van der Waals surface area contributed by atoms with Gasteiger partial charge in [0.05, 0.1) is 23.1 Å². The Balaban J connectivity index is 1.38. The van der Waals surface area contributed by atoms with E-state index in [1.807, 2.05) is 38.1 Å². The summed E-state index contributed by atoms with van der Waals surface area (Å²) in [5.74, 6) is -0.446. The standard InChI is InChI=1S/C23H24FN5O2/c1-16-4-3-5-19(14-16)26-23(31)28-12-10-27(11-13-28)22(30)21-15-25-29(17(21)2)20-8-6-18(24)7-9-20/h3-9,14-15H,10-13H2,1-2H3,(H,26,31). The van der Waals surface area contributed by atoms with Gasteiger partial charge in [0.25, 0.3) is 5.91 Å².